The molecule has 2 heterocycles. The molecular weight excluding hydrogens is 274 g/mol. The normalized spacial score (nSPS) is 10.8. The van der Waals surface area contributed by atoms with Crippen LogP contribution < -0.4 is 10.1 Å². The highest BCUT2D eigenvalue weighted by atomic mass is 16.5. The van der Waals surface area contributed by atoms with Gasteiger partial charge >= 0.3 is 5.97 Å². The Morgan fingerprint density at radius 3 is 2.90 bits per heavy atom. The molecule has 7 heteroatoms. The number of carboxylic acid groups (broad SMARTS) is 1. The van der Waals surface area contributed by atoms with E-state index in [9.17, 15) is 9.59 Å². The fourth-order valence-electron chi connectivity index (χ4n) is 1.72. The maximum absolute atomic E-state index is 11.6. The Hall–Kier alpha value is -2.57. The van der Waals surface area contributed by atoms with E-state index in [0.717, 1.165) is 0 Å². The summed E-state index contributed by atoms with van der Waals surface area (Å²) in [6.45, 7) is 4.44. The van der Waals surface area contributed by atoms with Crippen LogP contribution in [0, 0.1) is 5.92 Å². The first kappa shape index (κ1) is 14.8. The van der Waals surface area contributed by atoms with Gasteiger partial charge in [-0.15, -0.1) is 0 Å². The number of carbonyl (C=O) groups excluding carboxylic acids is 1. The number of nitrogens with one attached hydrogen (secondary N) is 1. The van der Waals surface area contributed by atoms with Crippen LogP contribution in [-0.2, 0) is 4.79 Å². The predicted octanol–water partition coefficient (Wildman–Crippen LogP) is 1.18. The Morgan fingerprint density at radius 1 is 1.48 bits per heavy atom. The van der Waals surface area contributed by atoms with Crippen LogP contribution in [0.2, 0.25) is 0 Å². The van der Waals surface area contributed by atoms with E-state index in [-0.39, 0.29) is 18.2 Å². The van der Waals surface area contributed by atoms with E-state index in [1.54, 1.807) is 22.7 Å². The Labute approximate surface area is 121 Å². The minimum absolute atomic E-state index is 0.0738. The Morgan fingerprint density at radius 2 is 2.24 bits per heavy atom. The van der Waals surface area contributed by atoms with Crippen LogP contribution in [0.5, 0.6) is 5.75 Å². The summed E-state index contributed by atoms with van der Waals surface area (Å²) in [7, 11) is 0. The van der Waals surface area contributed by atoms with Crippen molar-refractivity contribution in [1.82, 2.24) is 14.7 Å². The summed E-state index contributed by atoms with van der Waals surface area (Å²) in [5.74, 6) is -0.609. The third-order valence-electron chi connectivity index (χ3n) is 2.73. The summed E-state index contributed by atoms with van der Waals surface area (Å²) in [5, 5.41) is 11.7. The quantitative estimate of drug-likeness (QED) is 0.833. The van der Waals surface area contributed by atoms with Crippen LogP contribution in [0.15, 0.2) is 24.5 Å². The zero-order valence-electron chi connectivity index (χ0n) is 11.9. The third-order valence-corrected chi connectivity index (χ3v) is 2.73. The molecule has 0 bridgehead atoms. The number of carbonyl (C=O) groups is 2. The molecule has 112 valence electrons. The van der Waals surface area contributed by atoms with Gasteiger partial charge in [-0.05, 0) is 18.1 Å². The molecular formula is C14H17N3O4. The smallest absolute Gasteiger partial charge is 0.356 e. The van der Waals surface area contributed by atoms with Crippen molar-refractivity contribution in [2.45, 2.75) is 13.8 Å². The zero-order valence-corrected chi connectivity index (χ0v) is 11.9. The van der Waals surface area contributed by atoms with E-state index >= 15 is 0 Å². The minimum atomic E-state index is -1.11. The number of ether oxygens (including phenoxy) is 1. The van der Waals surface area contributed by atoms with Gasteiger partial charge in [0.05, 0.1) is 0 Å². The molecule has 2 N–H and O–H groups in total. The summed E-state index contributed by atoms with van der Waals surface area (Å²) in [6.07, 6.45) is 3.06. The van der Waals surface area contributed by atoms with Gasteiger partial charge in [-0.25, -0.2) is 9.78 Å². The van der Waals surface area contributed by atoms with Crippen LogP contribution in [0.3, 0.4) is 0 Å². The second kappa shape index (κ2) is 6.25. The zero-order chi connectivity index (χ0) is 15.4. The van der Waals surface area contributed by atoms with Crippen molar-refractivity contribution in [3.8, 4) is 5.75 Å². The van der Waals surface area contributed by atoms with E-state index in [4.69, 9.17) is 9.84 Å². The topological polar surface area (TPSA) is 92.9 Å². The molecule has 1 amide bonds. The highest BCUT2D eigenvalue weighted by molar-refractivity contribution is 5.86. The number of pyridine rings is 1. The van der Waals surface area contributed by atoms with Crippen LogP contribution in [0.1, 0.15) is 24.3 Å². The molecule has 0 atom stereocenters. The van der Waals surface area contributed by atoms with Gasteiger partial charge in [-0.2, -0.15) is 0 Å². The molecule has 2 rings (SSSR count). The molecule has 2 aromatic rings. The van der Waals surface area contributed by atoms with Crippen molar-refractivity contribution in [3.05, 3.63) is 30.2 Å². The molecule has 21 heavy (non-hydrogen) atoms. The molecule has 0 aliphatic heterocycles. The number of imidazole rings is 1. The minimum Gasteiger partial charge on any atom is -0.480 e. The predicted molar refractivity (Wildman–Crippen MR) is 75.5 cm³/mol. The van der Waals surface area contributed by atoms with Crippen LogP contribution in [-0.4, -0.2) is 39.5 Å². The van der Waals surface area contributed by atoms with Crippen LogP contribution in [0.25, 0.3) is 5.65 Å². The van der Waals surface area contributed by atoms with Crippen molar-refractivity contribution >= 4 is 17.5 Å². The average Bonchev–Trinajstić information content (AvgIpc) is 2.87. The molecule has 0 spiro atoms. The molecule has 0 aliphatic carbocycles. The SMILES string of the molecule is CC(C)CNC(=O)COc1cccn2cc(C(=O)O)nc12. The molecule has 2 aromatic heterocycles. The number of carboxylic acids is 1. The summed E-state index contributed by atoms with van der Waals surface area (Å²) in [6, 6.07) is 3.34. The van der Waals surface area contributed by atoms with E-state index in [1.165, 1.54) is 6.20 Å². The van der Waals surface area contributed by atoms with Crippen molar-refractivity contribution in [3.63, 3.8) is 0 Å². The van der Waals surface area contributed by atoms with E-state index in [1.807, 2.05) is 13.8 Å². The van der Waals surface area contributed by atoms with E-state index < -0.39 is 5.97 Å². The first-order valence-electron chi connectivity index (χ1n) is 6.58. The summed E-state index contributed by atoms with van der Waals surface area (Å²) in [4.78, 5) is 26.5. The highest BCUT2D eigenvalue weighted by Crippen LogP contribution is 2.18. The average molecular weight is 291 g/mol. The lowest BCUT2D eigenvalue weighted by Gasteiger charge is -2.09. The van der Waals surface area contributed by atoms with Crippen molar-refractivity contribution in [2.75, 3.05) is 13.2 Å². The van der Waals surface area contributed by atoms with E-state index in [2.05, 4.69) is 10.3 Å². The van der Waals surface area contributed by atoms with Crippen molar-refractivity contribution in [1.29, 1.82) is 0 Å². The number of aromatic carboxylic acids is 1. The van der Waals surface area contributed by atoms with E-state index in [0.29, 0.717) is 23.9 Å². The first-order chi connectivity index (χ1) is 9.97. The second-order valence-electron chi connectivity index (χ2n) is 5.02. The summed E-state index contributed by atoms with van der Waals surface area (Å²) in [5.41, 5.74) is 0.293. The number of aromatic nitrogens is 2. The number of hydrogen-bond donors (Lipinski definition) is 2. The second-order valence-corrected chi connectivity index (χ2v) is 5.02. The van der Waals surface area contributed by atoms with Gasteiger partial charge in [-0.3, -0.25) is 4.79 Å². The molecule has 0 saturated carbocycles. The number of fused-ring (bicyclic) bond motifs is 1. The molecule has 0 radical (unpaired) electrons. The Bertz CT molecular complexity index is 663. The maximum atomic E-state index is 11.6. The fraction of sp³-hybridized carbons (Fsp3) is 0.357. The Balaban J connectivity index is 2.08. The lowest BCUT2D eigenvalue weighted by Crippen LogP contribution is -2.31. The van der Waals surface area contributed by atoms with Gasteiger partial charge in [0.1, 0.15) is 0 Å². The van der Waals surface area contributed by atoms with Gasteiger partial charge in [-0.1, -0.05) is 13.8 Å². The number of hydrogen-bond acceptors (Lipinski definition) is 4. The molecule has 0 saturated heterocycles. The van der Waals surface area contributed by atoms with Crippen LogP contribution in [0.4, 0.5) is 0 Å². The number of rotatable bonds is 6. The van der Waals surface area contributed by atoms with Crippen LogP contribution >= 0.6 is 0 Å². The fourth-order valence-corrected chi connectivity index (χ4v) is 1.72. The van der Waals surface area contributed by atoms with Gasteiger partial charge < -0.3 is 19.6 Å². The largest absolute Gasteiger partial charge is 0.480 e. The summed E-state index contributed by atoms with van der Waals surface area (Å²) < 4.78 is 6.96. The molecule has 0 fully saturated rings. The third kappa shape index (κ3) is 3.71. The highest BCUT2D eigenvalue weighted by Gasteiger charge is 2.13. The number of amides is 1. The molecule has 7 nitrogen and oxygen atoms in total. The molecule has 0 aromatic carbocycles. The van der Waals surface area contributed by atoms with Crippen molar-refractivity contribution < 1.29 is 19.4 Å². The Kier molecular flexibility index (Phi) is 4.42. The lowest BCUT2D eigenvalue weighted by atomic mass is 10.2. The summed E-state index contributed by atoms with van der Waals surface area (Å²) >= 11 is 0. The maximum Gasteiger partial charge on any atom is 0.356 e. The standard InChI is InChI=1S/C14H17N3O4/c1-9(2)6-15-12(18)8-21-11-4-3-5-17-7-10(14(19)20)16-13(11)17/h3-5,7,9H,6,8H2,1-2H3,(H,15,18)(H,19,20). The number of nitrogens with zero attached hydrogens (tertiary/aromatic N) is 2. The first-order valence-corrected chi connectivity index (χ1v) is 6.58. The van der Waals surface area contributed by atoms with Gasteiger partial charge in [0, 0.05) is 18.9 Å². The molecule has 0 unspecified atom stereocenters. The van der Waals surface area contributed by atoms with Crippen molar-refractivity contribution in [2.24, 2.45) is 5.92 Å². The monoisotopic (exact) mass is 291 g/mol. The molecule has 0 aliphatic rings. The van der Waals surface area contributed by atoms with Gasteiger partial charge in [0.2, 0.25) is 0 Å². The van der Waals surface area contributed by atoms with Gasteiger partial charge in [0.25, 0.3) is 5.91 Å². The lowest BCUT2D eigenvalue weighted by molar-refractivity contribution is -0.123. The van der Waals surface area contributed by atoms with Gasteiger partial charge in [0.15, 0.2) is 23.7 Å².